The van der Waals surface area contributed by atoms with Crippen LogP contribution in [-0.4, -0.2) is 43.1 Å². The fraction of sp³-hybridized carbons (Fsp3) is 0.529. The highest BCUT2D eigenvalue weighted by atomic mass is 16.5. The Balaban J connectivity index is 2.09. The molecule has 120 valence electrons. The van der Waals surface area contributed by atoms with Gasteiger partial charge in [-0.3, -0.25) is 9.59 Å². The topological polar surface area (TPSA) is 55.8 Å². The maximum atomic E-state index is 12.6. The minimum absolute atomic E-state index is 0.0996. The number of hydrogen-bond acceptors (Lipinski definition) is 4. The van der Waals surface area contributed by atoms with Gasteiger partial charge in [0.25, 0.3) is 5.91 Å². The maximum absolute atomic E-state index is 12.6. The third-order valence-corrected chi connectivity index (χ3v) is 4.08. The molecule has 1 aliphatic heterocycles. The number of amides is 1. The van der Waals surface area contributed by atoms with Crippen LogP contribution in [0.2, 0.25) is 0 Å². The molecule has 1 aromatic rings. The van der Waals surface area contributed by atoms with Gasteiger partial charge in [-0.2, -0.15) is 0 Å². The average Bonchev–Trinajstić information content (AvgIpc) is 2.48. The molecule has 0 spiro atoms. The minimum atomic E-state index is -0.549. The molecule has 1 aromatic carbocycles. The van der Waals surface area contributed by atoms with Crippen molar-refractivity contribution in [2.24, 2.45) is 5.41 Å². The summed E-state index contributed by atoms with van der Waals surface area (Å²) < 4.78 is 10.6. The molecule has 1 fully saturated rings. The summed E-state index contributed by atoms with van der Waals surface area (Å²) in [6, 6.07) is 7.19. The van der Waals surface area contributed by atoms with Crippen LogP contribution in [0, 0.1) is 5.41 Å². The predicted molar refractivity (Wildman–Crippen MR) is 82.9 cm³/mol. The van der Waals surface area contributed by atoms with Gasteiger partial charge in [-0.1, -0.05) is 19.1 Å². The van der Waals surface area contributed by atoms with Crippen molar-refractivity contribution in [2.45, 2.75) is 27.2 Å². The van der Waals surface area contributed by atoms with Gasteiger partial charge in [0.1, 0.15) is 11.2 Å². The number of carbonyl (C=O) groups is 2. The van der Waals surface area contributed by atoms with E-state index in [0.717, 1.165) is 0 Å². The summed E-state index contributed by atoms with van der Waals surface area (Å²) in [5, 5.41) is 0. The van der Waals surface area contributed by atoms with Gasteiger partial charge < -0.3 is 14.4 Å². The molecule has 0 N–H and O–H groups in total. The van der Waals surface area contributed by atoms with Gasteiger partial charge in [-0.25, -0.2) is 0 Å². The van der Waals surface area contributed by atoms with Crippen molar-refractivity contribution < 1.29 is 19.1 Å². The monoisotopic (exact) mass is 305 g/mol. The lowest BCUT2D eigenvalue weighted by Crippen LogP contribution is -2.62. The molecule has 0 aromatic heterocycles. The van der Waals surface area contributed by atoms with Crippen LogP contribution in [0.1, 0.15) is 37.6 Å². The summed E-state index contributed by atoms with van der Waals surface area (Å²) in [5.74, 6) is 0.275. The van der Waals surface area contributed by atoms with Crippen molar-refractivity contribution in [2.75, 3.05) is 26.3 Å². The molecule has 1 amide bonds. The second kappa shape index (κ2) is 6.81. The first-order valence-electron chi connectivity index (χ1n) is 7.76. The normalized spacial score (nSPS) is 15.9. The van der Waals surface area contributed by atoms with E-state index in [0.29, 0.717) is 44.0 Å². The molecule has 0 atom stereocenters. The lowest BCUT2D eigenvalue weighted by molar-refractivity contribution is -0.164. The van der Waals surface area contributed by atoms with Crippen LogP contribution in [0.3, 0.4) is 0 Å². The van der Waals surface area contributed by atoms with E-state index >= 15 is 0 Å². The molecule has 22 heavy (non-hydrogen) atoms. The van der Waals surface area contributed by atoms with Crippen LogP contribution in [0.5, 0.6) is 5.75 Å². The minimum Gasteiger partial charge on any atom is -0.493 e. The second-order valence-electron chi connectivity index (χ2n) is 5.44. The lowest BCUT2D eigenvalue weighted by atomic mass is 9.77. The smallest absolute Gasteiger partial charge is 0.315 e. The lowest BCUT2D eigenvalue weighted by Gasteiger charge is -2.47. The van der Waals surface area contributed by atoms with Crippen molar-refractivity contribution in [3.05, 3.63) is 29.8 Å². The van der Waals surface area contributed by atoms with Crippen molar-refractivity contribution in [3.8, 4) is 5.75 Å². The Morgan fingerprint density at radius 3 is 2.41 bits per heavy atom. The molecule has 1 aliphatic rings. The maximum Gasteiger partial charge on any atom is 0.315 e. The number of hydrogen-bond donors (Lipinski definition) is 0. The molecule has 1 heterocycles. The van der Waals surface area contributed by atoms with Gasteiger partial charge in [0, 0.05) is 13.1 Å². The third kappa shape index (κ3) is 2.93. The van der Waals surface area contributed by atoms with Crippen LogP contribution in [0.25, 0.3) is 0 Å². The highest BCUT2D eigenvalue weighted by Gasteiger charge is 2.51. The van der Waals surface area contributed by atoms with Crippen molar-refractivity contribution in [1.82, 2.24) is 4.90 Å². The summed E-state index contributed by atoms with van der Waals surface area (Å²) in [6.45, 7) is 7.30. The number of benzene rings is 1. The largest absolute Gasteiger partial charge is 0.493 e. The van der Waals surface area contributed by atoms with Crippen molar-refractivity contribution in [3.63, 3.8) is 0 Å². The number of para-hydroxylation sites is 1. The summed E-state index contributed by atoms with van der Waals surface area (Å²) in [6.07, 6.45) is 0.669. The number of likely N-dealkylation sites (tertiary alicyclic amines) is 1. The van der Waals surface area contributed by atoms with Gasteiger partial charge in [0.2, 0.25) is 0 Å². The number of nitrogens with zero attached hydrogens (tertiary/aromatic N) is 1. The Bertz CT molecular complexity index is 549. The van der Waals surface area contributed by atoms with E-state index in [-0.39, 0.29) is 11.9 Å². The SMILES string of the molecule is CCOC(=O)C1(CC)CN(C(=O)c2ccccc2OCC)C1. The Labute approximate surface area is 131 Å². The van der Waals surface area contributed by atoms with Crippen LogP contribution >= 0.6 is 0 Å². The quantitative estimate of drug-likeness (QED) is 0.758. The molecule has 5 heteroatoms. The van der Waals surface area contributed by atoms with Crippen LogP contribution in [-0.2, 0) is 9.53 Å². The highest BCUT2D eigenvalue weighted by molar-refractivity contribution is 5.98. The Morgan fingerprint density at radius 2 is 1.82 bits per heavy atom. The average molecular weight is 305 g/mol. The van der Waals surface area contributed by atoms with E-state index in [2.05, 4.69) is 0 Å². The zero-order chi connectivity index (χ0) is 16.2. The fourth-order valence-corrected chi connectivity index (χ4v) is 2.70. The number of carbonyl (C=O) groups excluding carboxylic acids is 2. The molecular weight excluding hydrogens is 282 g/mol. The van der Waals surface area contributed by atoms with E-state index in [4.69, 9.17) is 9.47 Å². The molecule has 2 rings (SSSR count). The standard InChI is InChI=1S/C17H23NO4/c1-4-17(16(20)22-6-3)11-18(12-17)15(19)13-9-7-8-10-14(13)21-5-2/h7-10H,4-6,11-12H2,1-3H3. The molecular formula is C17H23NO4. The molecule has 0 unspecified atom stereocenters. The van der Waals surface area contributed by atoms with Crippen LogP contribution in [0.15, 0.2) is 24.3 Å². The Hall–Kier alpha value is -2.04. The van der Waals surface area contributed by atoms with Gasteiger partial charge in [-0.05, 0) is 32.4 Å². The van der Waals surface area contributed by atoms with E-state index in [9.17, 15) is 9.59 Å². The fourth-order valence-electron chi connectivity index (χ4n) is 2.70. The molecule has 0 aliphatic carbocycles. The van der Waals surface area contributed by atoms with E-state index in [1.165, 1.54) is 0 Å². The number of esters is 1. The highest BCUT2D eigenvalue weighted by Crippen LogP contribution is 2.37. The first-order valence-corrected chi connectivity index (χ1v) is 7.76. The molecule has 5 nitrogen and oxygen atoms in total. The third-order valence-electron chi connectivity index (χ3n) is 4.08. The van der Waals surface area contributed by atoms with Gasteiger partial charge in [0.05, 0.1) is 18.8 Å². The molecule has 1 saturated heterocycles. The second-order valence-corrected chi connectivity index (χ2v) is 5.44. The van der Waals surface area contributed by atoms with Gasteiger partial charge >= 0.3 is 5.97 Å². The Morgan fingerprint density at radius 1 is 1.14 bits per heavy atom. The summed E-state index contributed by atoms with van der Waals surface area (Å²) in [7, 11) is 0. The van der Waals surface area contributed by atoms with E-state index in [1.807, 2.05) is 26.0 Å². The van der Waals surface area contributed by atoms with E-state index < -0.39 is 5.41 Å². The predicted octanol–water partition coefficient (Wildman–Crippen LogP) is 2.50. The summed E-state index contributed by atoms with van der Waals surface area (Å²) in [4.78, 5) is 26.3. The number of ether oxygens (including phenoxy) is 2. The molecule has 0 saturated carbocycles. The molecule has 0 bridgehead atoms. The first kappa shape index (κ1) is 16.3. The van der Waals surface area contributed by atoms with Crippen molar-refractivity contribution >= 4 is 11.9 Å². The molecule has 0 radical (unpaired) electrons. The van der Waals surface area contributed by atoms with Crippen LogP contribution in [0.4, 0.5) is 0 Å². The van der Waals surface area contributed by atoms with Gasteiger partial charge in [0.15, 0.2) is 0 Å². The zero-order valence-corrected chi connectivity index (χ0v) is 13.4. The zero-order valence-electron chi connectivity index (χ0n) is 13.4. The van der Waals surface area contributed by atoms with Crippen molar-refractivity contribution in [1.29, 1.82) is 0 Å². The van der Waals surface area contributed by atoms with Crippen LogP contribution < -0.4 is 4.74 Å². The Kier molecular flexibility index (Phi) is 5.06. The summed E-state index contributed by atoms with van der Waals surface area (Å²) >= 11 is 0. The van der Waals surface area contributed by atoms with Gasteiger partial charge in [-0.15, -0.1) is 0 Å². The first-order chi connectivity index (χ1) is 10.6. The summed E-state index contributed by atoms with van der Waals surface area (Å²) in [5.41, 5.74) is -0.00964. The van der Waals surface area contributed by atoms with E-state index in [1.54, 1.807) is 24.0 Å². The number of rotatable bonds is 6.